The van der Waals surface area contributed by atoms with Gasteiger partial charge in [-0.15, -0.1) is 0 Å². The highest BCUT2D eigenvalue weighted by Gasteiger charge is 2.18. The average molecular weight is 236 g/mol. The maximum atomic E-state index is 4.36. The molecule has 0 aliphatic heterocycles. The van der Waals surface area contributed by atoms with Crippen LogP contribution in [0.4, 0.5) is 0 Å². The minimum Gasteiger partial charge on any atom is -0.336 e. The second-order valence-corrected chi connectivity index (χ2v) is 5.05. The van der Waals surface area contributed by atoms with Crippen molar-refractivity contribution in [3.63, 3.8) is 0 Å². The van der Waals surface area contributed by atoms with Crippen molar-refractivity contribution in [2.24, 2.45) is 0 Å². The lowest BCUT2D eigenvalue weighted by molar-refractivity contribution is 0.236. The molecule has 0 unspecified atom stereocenters. The Bertz CT molecular complexity index is 328. The van der Waals surface area contributed by atoms with Gasteiger partial charge in [-0.25, -0.2) is 4.98 Å². The molecule has 0 amide bonds. The fourth-order valence-corrected chi connectivity index (χ4v) is 2.60. The van der Waals surface area contributed by atoms with Crippen LogP contribution in [0, 0.1) is 0 Å². The molecule has 96 valence electrons. The molecule has 0 spiro atoms. The van der Waals surface area contributed by atoms with E-state index in [2.05, 4.69) is 33.0 Å². The van der Waals surface area contributed by atoms with Crippen LogP contribution in [0.5, 0.6) is 0 Å². The van der Waals surface area contributed by atoms with Gasteiger partial charge in [0.1, 0.15) is 0 Å². The van der Waals surface area contributed by atoms with Crippen molar-refractivity contribution < 1.29 is 0 Å². The first-order valence-corrected chi connectivity index (χ1v) is 6.65. The van der Waals surface area contributed by atoms with Crippen LogP contribution in [-0.2, 0) is 13.1 Å². The monoisotopic (exact) mass is 236 g/mol. The van der Waals surface area contributed by atoms with Gasteiger partial charge in [0.15, 0.2) is 0 Å². The molecule has 1 aliphatic carbocycles. The number of likely N-dealkylation sites (N-methyl/N-ethyl adjacent to an activating group) is 1. The van der Waals surface area contributed by atoms with Gasteiger partial charge in [0.25, 0.3) is 0 Å². The molecule has 4 nitrogen and oxygen atoms in total. The van der Waals surface area contributed by atoms with E-state index >= 15 is 0 Å². The summed E-state index contributed by atoms with van der Waals surface area (Å²) in [6.45, 7) is 3.02. The zero-order valence-corrected chi connectivity index (χ0v) is 11.0. The van der Waals surface area contributed by atoms with E-state index in [0.717, 1.165) is 31.4 Å². The van der Waals surface area contributed by atoms with Crippen molar-refractivity contribution in [1.82, 2.24) is 19.8 Å². The number of imidazole rings is 1. The predicted octanol–water partition coefficient (Wildman–Crippen LogP) is 1.48. The molecule has 1 N–H and O–H groups in total. The Morgan fingerprint density at radius 3 is 2.94 bits per heavy atom. The molecule has 0 saturated heterocycles. The molecule has 1 fully saturated rings. The van der Waals surface area contributed by atoms with Crippen molar-refractivity contribution in [3.8, 4) is 0 Å². The Hall–Kier alpha value is -0.870. The zero-order chi connectivity index (χ0) is 12.1. The molecule has 0 atom stereocenters. The van der Waals surface area contributed by atoms with Crippen molar-refractivity contribution >= 4 is 0 Å². The van der Waals surface area contributed by atoms with Crippen molar-refractivity contribution in [1.29, 1.82) is 0 Å². The first-order valence-electron chi connectivity index (χ1n) is 6.65. The molecule has 1 aromatic heterocycles. The number of hydrogen-bond donors (Lipinski definition) is 1. The summed E-state index contributed by atoms with van der Waals surface area (Å²) in [7, 11) is 4.20. The Labute approximate surface area is 104 Å². The minimum atomic E-state index is 0.815. The molecular formula is C13H24N4. The third kappa shape index (κ3) is 3.54. The maximum absolute atomic E-state index is 4.36. The fraction of sp³-hybridized carbons (Fsp3) is 0.769. The van der Waals surface area contributed by atoms with Crippen molar-refractivity contribution in [2.45, 2.75) is 44.8 Å². The van der Waals surface area contributed by atoms with Crippen LogP contribution in [0.15, 0.2) is 12.5 Å². The molecule has 0 bridgehead atoms. The van der Waals surface area contributed by atoms with Gasteiger partial charge in [-0.05, 0) is 26.9 Å². The summed E-state index contributed by atoms with van der Waals surface area (Å²) in [6, 6.07) is 0.815. The minimum absolute atomic E-state index is 0.815. The molecular weight excluding hydrogens is 212 g/mol. The molecule has 0 aromatic carbocycles. The summed E-state index contributed by atoms with van der Waals surface area (Å²) in [5.74, 6) is 0. The summed E-state index contributed by atoms with van der Waals surface area (Å²) in [4.78, 5) is 6.87. The van der Waals surface area contributed by atoms with E-state index in [0.29, 0.717) is 0 Å². The van der Waals surface area contributed by atoms with Crippen LogP contribution in [-0.4, -0.2) is 41.1 Å². The second-order valence-electron chi connectivity index (χ2n) is 5.05. The third-order valence-corrected chi connectivity index (χ3v) is 3.70. The average Bonchev–Trinajstić information content (AvgIpc) is 2.97. The van der Waals surface area contributed by atoms with E-state index < -0.39 is 0 Å². The van der Waals surface area contributed by atoms with Crippen LogP contribution in [0.3, 0.4) is 0 Å². The molecule has 1 aliphatic rings. The van der Waals surface area contributed by atoms with E-state index in [9.17, 15) is 0 Å². The van der Waals surface area contributed by atoms with Gasteiger partial charge in [0, 0.05) is 31.9 Å². The number of rotatable bonds is 6. The fourth-order valence-electron chi connectivity index (χ4n) is 2.60. The van der Waals surface area contributed by atoms with Crippen LogP contribution in [0.2, 0.25) is 0 Å². The largest absolute Gasteiger partial charge is 0.336 e. The van der Waals surface area contributed by atoms with Gasteiger partial charge in [-0.1, -0.05) is 12.8 Å². The lowest BCUT2D eigenvalue weighted by atomic mass is 10.2. The summed E-state index contributed by atoms with van der Waals surface area (Å²) >= 11 is 0. The molecule has 2 rings (SSSR count). The molecule has 4 heteroatoms. The first kappa shape index (κ1) is 12.6. The Balaban J connectivity index is 1.76. The first-order chi connectivity index (χ1) is 8.29. The highest BCUT2D eigenvalue weighted by molar-refractivity contribution is 4.95. The van der Waals surface area contributed by atoms with Gasteiger partial charge in [0.05, 0.1) is 12.0 Å². The third-order valence-electron chi connectivity index (χ3n) is 3.70. The quantitative estimate of drug-likeness (QED) is 0.812. The highest BCUT2D eigenvalue weighted by atomic mass is 15.2. The highest BCUT2D eigenvalue weighted by Crippen LogP contribution is 2.22. The molecule has 1 aromatic rings. The maximum Gasteiger partial charge on any atom is 0.0950 e. The number of aromatic nitrogens is 2. The van der Waals surface area contributed by atoms with Crippen LogP contribution in [0.1, 0.15) is 31.4 Å². The Kier molecular flexibility index (Phi) is 4.57. The van der Waals surface area contributed by atoms with Gasteiger partial charge in [-0.2, -0.15) is 0 Å². The van der Waals surface area contributed by atoms with Crippen LogP contribution >= 0.6 is 0 Å². The zero-order valence-electron chi connectivity index (χ0n) is 11.0. The Morgan fingerprint density at radius 2 is 2.24 bits per heavy atom. The number of hydrogen-bond acceptors (Lipinski definition) is 3. The van der Waals surface area contributed by atoms with Crippen molar-refractivity contribution in [3.05, 3.63) is 18.2 Å². The SMILES string of the molecule is CNCc1cn(CCN(C)C2CCCC2)cn1. The standard InChI is InChI=1S/C13H24N4/c1-14-9-12-10-17(11-15-12)8-7-16(2)13-5-3-4-6-13/h10-11,13-14H,3-9H2,1-2H3. The van der Waals surface area contributed by atoms with E-state index in [1.165, 1.54) is 25.7 Å². The topological polar surface area (TPSA) is 33.1 Å². The molecule has 1 saturated carbocycles. The van der Waals surface area contributed by atoms with Crippen LogP contribution in [0.25, 0.3) is 0 Å². The van der Waals surface area contributed by atoms with Crippen LogP contribution < -0.4 is 5.32 Å². The van der Waals surface area contributed by atoms with E-state index in [1.54, 1.807) is 0 Å². The van der Waals surface area contributed by atoms with Crippen molar-refractivity contribution in [2.75, 3.05) is 20.6 Å². The molecule has 1 heterocycles. The number of nitrogens with one attached hydrogen (secondary N) is 1. The predicted molar refractivity (Wildman–Crippen MR) is 69.9 cm³/mol. The summed E-state index contributed by atoms with van der Waals surface area (Å²) < 4.78 is 2.19. The molecule has 0 radical (unpaired) electrons. The smallest absolute Gasteiger partial charge is 0.0950 e. The molecule has 17 heavy (non-hydrogen) atoms. The van der Waals surface area contributed by atoms with Gasteiger partial charge in [0.2, 0.25) is 0 Å². The van der Waals surface area contributed by atoms with E-state index in [1.807, 2.05) is 13.4 Å². The summed E-state index contributed by atoms with van der Waals surface area (Å²) in [5, 5.41) is 3.12. The summed E-state index contributed by atoms with van der Waals surface area (Å²) in [6.07, 6.45) is 9.66. The number of nitrogens with zero attached hydrogens (tertiary/aromatic N) is 3. The van der Waals surface area contributed by atoms with Gasteiger partial charge >= 0.3 is 0 Å². The van der Waals surface area contributed by atoms with E-state index in [4.69, 9.17) is 0 Å². The lowest BCUT2D eigenvalue weighted by Gasteiger charge is -2.23. The Morgan fingerprint density at radius 1 is 1.47 bits per heavy atom. The normalized spacial score (nSPS) is 17.1. The lowest BCUT2D eigenvalue weighted by Crippen LogP contribution is -2.31. The van der Waals surface area contributed by atoms with Gasteiger partial charge in [-0.3, -0.25) is 0 Å². The second kappa shape index (κ2) is 6.17. The van der Waals surface area contributed by atoms with E-state index in [-0.39, 0.29) is 0 Å². The summed E-state index contributed by atoms with van der Waals surface area (Å²) in [5.41, 5.74) is 1.12. The van der Waals surface area contributed by atoms with Gasteiger partial charge < -0.3 is 14.8 Å².